The number of anilines is 2. The topological polar surface area (TPSA) is 18.8 Å². The number of hydrogen-bond donors (Lipinski definition) is 0. The Morgan fingerprint density at radius 2 is 1.65 bits per heavy atom. The van der Waals surface area contributed by atoms with E-state index in [0.717, 1.165) is 17.9 Å². The Bertz CT molecular complexity index is 716. The lowest BCUT2D eigenvalue weighted by molar-refractivity contribution is 0.552. The predicted molar refractivity (Wildman–Crippen MR) is 102 cm³/mol. The molecule has 0 saturated heterocycles. The highest BCUT2D eigenvalue weighted by atomic mass is 35.5. The van der Waals surface area contributed by atoms with Crippen molar-refractivity contribution in [3.8, 4) is 0 Å². The van der Waals surface area contributed by atoms with Crippen molar-refractivity contribution in [3.05, 3.63) is 51.5 Å². The molecule has 0 heterocycles. The van der Waals surface area contributed by atoms with Gasteiger partial charge in [-0.25, -0.2) is 4.99 Å². The number of benzene rings is 2. The lowest BCUT2D eigenvalue weighted by atomic mass is 10.2. The average Bonchev–Trinajstić information content (AvgIpc) is 2.54. The SMILES string of the molecule is CCN(C)C=Nc1cc(Cl)c(N(C)c2ccccc2Cl)cc1Cl. The van der Waals surface area contributed by atoms with Crippen LogP contribution in [0, 0.1) is 0 Å². The van der Waals surface area contributed by atoms with E-state index in [4.69, 9.17) is 34.8 Å². The largest absolute Gasteiger partial charge is 0.366 e. The van der Waals surface area contributed by atoms with E-state index in [9.17, 15) is 0 Å². The van der Waals surface area contributed by atoms with E-state index in [2.05, 4.69) is 4.99 Å². The normalized spacial score (nSPS) is 11.0. The minimum Gasteiger partial charge on any atom is -0.366 e. The fourth-order valence-corrected chi connectivity index (χ4v) is 2.73. The Kier molecular flexibility index (Phi) is 6.17. The summed E-state index contributed by atoms with van der Waals surface area (Å²) in [5.41, 5.74) is 2.26. The summed E-state index contributed by atoms with van der Waals surface area (Å²) >= 11 is 19.0. The van der Waals surface area contributed by atoms with Crippen LogP contribution >= 0.6 is 34.8 Å². The van der Waals surface area contributed by atoms with Crippen LogP contribution in [-0.2, 0) is 0 Å². The molecule has 2 aromatic rings. The van der Waals surface area contributed by atoms with Gasteiger partial charge in [-0.1, -0.05) is 46.9 Å². The number of rotatable bonds is 5. The number of aliphatic imine (C=N–C) groups is 1. The molecule has 0 aliphatic heterocycles. The molecule has 3 nitrogen and oxygen atoms in total. The van der Waals surface area contributed by atoms with E-state index < -0.39 is 0 Å². The zero-order valence-electron chi connectivity index (χ0n) is 13.2. The number of nitrogens with zero attached hydrogens (tertiary/aromatic N) is 3. The fourth-order valence-electron chi connectivity index (χ4n) is 1.98. The van der Waals surface area contributed by atoms with Gasteiger partial charge in [-0.15, -0.1) is 0 Å². The van der Waals surface area contributed by atoms with Crippen molar-refractivity contribution in [3.63, 3.8) is 0 Å². The minimum absolute atomic E-state index is 0.532. The maximum atomic E-state index is 6.42. The number of hydrogen-bond acceptors (Lipinski definition) is 2. The zero-order valence-corrected chi connectivity index (χ0v) is 15.5. The Balaban J connectivity index is 2.37. The molecule has 0 saturated carbocycles. The van der Waals surface area contributed by atoms with Crippen LogP contribution in [0.5, 0.6) is 0 Å². The van der Waals surface area contributed by atoms with Gasteiger partial charge in [0.15, 0.2) is 0 Å². The molecule has 0 amide bonds. The molecule has 0 aromatic heterocycles. The highest BCUT2D eigenvalue weighted by molar-refractivity contribution is 6.37. The summed E-state index contributed by atoms with van der Waals surface area (Å²) in [4.78, 5) is 8.23. The second-order valence-corrected chi connectivity index (χ2v) is 6.30. The van der Waals surface area contributed by atoms with Crippen molar-refractivity contribution in [2.45, 2.75) is 6.92 Å². The molecule has 23 heavy (non-hydrogen) atoms. The molecule has 0 atom stereocenters. The summed E-state index contributed by atoms with van der Waals surface area (Å²) in [7, 11) is 3.84. The van der Waals surface area contributed by atoms with Crippen molar-refractivity contribution in [2.75, 3.05) is 25.5 Å². The van der Waals surface area contributed by atoms with E-state index in [1.54, 1.807) is 18.5 Å². The summed E-state index contributed by atoms with van der Waals surface area (Å²) in [6.45, 7) is 2.91. The van der Waals surface area contributed by atoms with Gasteiger partial charge < -0.3 is 9.80 Å². The maximum absolute atomic E-state index is 6.42. The number of halogens is 3. The summed E-state index contributed by atoms with van der Waals surface area (Å²) in [6.07, 6.45) is 1.73. The van der Waals surface area contributed by atoms with Crippen LogP contribution in [0.25, 0.3) is 0 Å². The molecule has 6 heteroatoms. The highest BCUT2D eigenvalue weighted by Gasteiger charge is 2.14. The summed E-state index contributed by atoms with van der Waals surface area (Å²) < 4.78 is 0. The molecule has 0 aliphatic rings. The van der Waals surface area contributed by atoms with Gasteiger partial charge in [-0.2, -0.15) is 0 Å². The van der Waals surface area contributed by atoms with Crippen LogP contribution < -0.4 is 4.90 Å². The van der Waals surface area contributed by atoms with Gasteiger partial charge in [0.05, 0.1) is 38.5 Å². The van der Waals surface area contributed by atoms with Gasteiger partial charge >= 0.3 is 0 Å². The Labute approximate surface area is 152 Å². The quantitative estimate of drug-likeness (QED) is 0.473. The van der Waals surface area contributed by atoms with Crippen LogP contribution in [0.1, 0.15) is 6.92 Å². The van der Waals surface area contributed by atoms with Crippen LogP contribution in [0.2, 0.25) is 15.1 Å². The van der Waals surface area contributed by atoms with Crippen molar-refractivity contribution >= 4 is 58.2 Å². The first-order valence-corrected chi connectivity index (χ1v) is 8.29. The third kappa shape index (κ3) is 4.31. The third-order valence-corrected chi connectivity index (χ3v) is 4.41. The molecule has 2 aromatic carbocycles. The average molecular weight is 371 g/mol. The lowest BCUT2D eigenvalue weighted by Gasteiger charge is -2.22. The molecule has 0 spiro atoms. The van der Waals surface area contributed by atoms with Crippen LogP contribution in [-0.4, -0.2) is 31.9 Å². The summed E-state index contributed by atoms with van der Waals surface area (Å²) in [6, 6.07) is 11.1. The highest BCUT2D eigenvalue weighted by Crippen LogP contribution is 2.39. The van der Waals surface area contributed by atoms with Crippen LogP contribution in [0.4, 0.5) is 17.1 Å². The smallest absolute Gasteiger partial charge is 0.0910 e. The molecule has 0 unspecified atom stereocenters. The molecule has 0 N–H and O–H groups in total. The predicted octanol–water partition coefficient (Wildman–Crippen LogP) is 6.03. The van der Waals surface area contributed by atoms with Gasteiger partial charge in [0.2, 0.25) is 0 Å². The monoisotopic (exact) mass is 369 g/mol. The van der Waals surface area contributed by atoms with Crippen LogP contribution in [0.3, 0.4) is 0 Å². The maximum Gasteiger partial charge on any atom is 0.0910 e. The van der Waals surface area contributed by atoms with Gasteiger partial charge in [-0.05, 0) is 31.2 Å². The number of para-hydroxylation sites is 1. The molecule has 0 bridgehead atoms. The second-order valence-electron chi connectivity index (χ2n) is 5.08. The molecule has 2 rings (SSSR count). The van der Waals surface area contributed by atoms with E-state index >= 15 is 0 Å². The minimum atomic E-state index is 0.532. The van der Waals surface area contributed by atoms with Crippen molar-refractivity contribution < 1.29 is 0 Å². The third-order valence-electron chi connectivity index (χ3n) is 3.48. The first-order chi connectivity index (χ1) is 10.9. The Hall–Kier alpha value is -1.42. The summed E-state index contributed by atoms with van der Waals surface area (Å²) in [5, 5.41) is 1.74. The van der Waals surface area contributed by atoms with Gasteiger partial charge in [0, 0.05) is 20.6 Å². The van der Waals surface area contributed by atoms with Gasteiger partial charge in [-0.3, -0.25) is 0 Å². The molecule has 122 valence electrons. The lowest BCUT2D eigenvalue weighted by Crippen LogP contribution is -2.14. The molecular formula is C17H18Cl3N3. The van der Waals surface area contributed by atoms with Crippen molar-refractivity contribution in [1.29, 1.82) is 0 Å². The molecule has 0 aliphatic carbocycles. The van der Waals surface area contributed by atoms with Crippen molar-refractivity contribution in [2.24, 2.45) is 4.99 Å². The first kappa shape index (κ1) is 17.9. The van der Waals surface area contributed by atoms with Crippen LogP contribution in [0.15, 0.2) is 41.4 Å². The standard InChI is InChI=1S/C17H18Cl3N3/c1-4-22(2)11-21-15-9-14(20)17(10-13(15)19)23(3)16-8-6-5-7-12(16)18/h5-11H,4H2,1-3H3. The van der Waals surface area contributed by atoms with E-state index in [1.165, 1.54) is 0 Å². The van der Waals surface area contributed by atoms with E-state index in [1.807, 2.05) is 55.1 Å². The van der Waals surface area contributed by atoms with E-state index in [0.29, 0.717) is 20.8 Å². The molecule has 0 fully saturated rings. The molecule has 0 radical (unpaired) electrons. The first-order valence-electron chi connectivity index (χ1n) is 7.15. The van der Waals surface area contributed by atoms with Crippen molar-refractivity contribution in [1.82, 2.24) is 4.90 Å². The Morgan fingerprint density at radius 1 is 0.957 bits per heavy atom. The molecular weight excluding hydrogens is 353 g/mol. The van der Waals surface area contributed by atoms with Gasteiger partial charge in [0.1, 0.15) is 0 Å². The van der Waals surface area contributed by atoms with E-state index in [-0.39, 0.29) is 0 Å². The second kappa shape index (κ2) is 7.91. The zero-order chi connectivity index (χ0) is 17.0. The fraction of sp³-hybridized carbons (Fsp3) is 0.235. The summed E-state index contributed by atoms with van der Waals surface area (Å²) in [5.74, 6) is 0. The Morgan fingerprint density at radius 3 is 2.30 bits per heavy atom. The van der Waals surface area contributed by atoms with Gasteiger partial charge in [0.25, 0.3) is 0 Å².